The highest BCUT2D eigenvalue weighted by atomic mass is 19.1. The number of rotatable bonds is 6. The van der Waals surface area contributed by atoms with Gasteiger partial charge in [-0.2, -0.15) is 5.10 Å². The monoisotopic (exact) mass is 420 g/mol. The van der Waals surface area contributed by atoms with Gasteiger partial charge in [0.05, 0.1) is 24.3 Å². The van der Waals surface area contributed by atoms with Crippen molar-refractivity contribution in [1.29, 1.82) is 0 Å². The predicted molar refractivity (Wildman–Crippen MR) is 117 cm³/mol. The second-order valence-electron chi connectivity index (χ2n) is 7.82. The van der Waals surface area contributed by atoms with Crippen molar-refractivity contribution in [2.45, 2.75) is 25.9 Å². The van der Waals surface area contributed by atoms with Gasteiger partial charge in [-0.3, -0.25) is 9.59 Å². The van der Waals surface area contributed by atoms with E-state index in [1.165, 1.54) is 16.8 Å². The summed E-state index contributed by atoms with van der Waals surface area (Å²) in [5, 5.41) is 7.27. The van der Waals surface area contributed by atoms with E-state index in [9.17, 15) is 14.0 Å². The van der Waals surface area contributed by atoms with Gasteiger partial charge >= 0.3 is 0 Å². The molecular formula is C24H25FN4O2. The molecule has 1 N–H and O–H groups in total. The zero-order valence-electron chi connectivity index (χ0n) is 17.2. The average molecular weight is 420 g/mol. The lowest BCUT2D eigenvalue weighted by Crippen LogP contribution is -2.43. The fourth-order valence-electron chi connectivity index (χ4n) is 3.83. The first-order valence-electron chi connectivity index (χ1n) is 10.5. The molecule has 2 aromatic carbocycles. The standard InChI is InChI=1S/C24H25FN4O2/c25-21-10-8-18(9-11-21)14-26-24(31)20-7-4-12-28(17-20)22-13-23(30)29(27-15-22)16-19-5-2-1-3-6-19/h1-3,5-6,8-11,13,15,20H,4,7,12,14,16-17H2,(H,26,31). The lowest BCUT2D eigenvalue weighted by atomic mass is 9.96. The molecule has 1 unspecified atom stereocenters. The third-order valence-electron chi connectivity index (χ3n) is 5.57. The second-order valence-corrected chi connectivity index (χ2v) is 7.82. The molecule has 3 aromatic rings. The van der Waals surface area contributed by atoms with Crippen LogP contribution in [0.5, 0.6) is 0 Å². The Morgan fingerprint density at radius 1 is 1.10 bits per heavy atom. The molecule has 2 heterocycles. The molecule has 0 saturated carbocycles. The zero-order valence-corrected chi connectivity index (χ0v) is 17.2. The van der Waals surface area contributed by atoms with Gasteiger partial charge < -0.3 is 10.2 Å². The minimum atomic E-state index is -0.294. The number of carbonyl (C=O) groups excluding carboxylic acids is 1. The van der Waals surface area contributed by atoms with Crippen LogP contribution in [0.3, 0.4) is 0 Å². The van der Waals surface area contributed by atoms with Gasteiger partial charge in [0.2, 0.25) is 5.91 Å². The van der Waals surface area contributed by atoms with Crippen molar-refractivity contribution in [2.24, 2.45) is 5.92 Å². The minimum absolute atomic E-state index is 0.0283. The van der Waals surface area contributed by atoms with Gasteiger partial charge in [-0.15, -0.1) is 0 Å². The highest BCUT2D eigenvalue weighted by Crippen LogP contribution is 2.22. The first-order valence-corrected chi connectivity index (χ1v) is 10.5. The first kappa shape index (κ1) is 20.8. The molecule has 1 aliphatic rings. The van der Waals surface area contributed by atoms with Crippen LogP contribution in [0.4, 0.5) is 10.1 Å². The van der Waals surface area contributed by atoms with E-state index < -0.39 is 0 Å². The van der Waals surface area contributed by atoms with Crippen LogP contribution in [0.1, 0.15) is 24.0 Å². The van der Waals surface area contributed by atoms with E-state index in [0.717, 1.165) is 36.2 Å². The van der Waals surface area contributed by atoms with Crippen LogP contribution >= 0.6 is 0 Å². The van der Waals surface area contributed by atoms with Crippen LogP contribution in [0, 0.1) is 11.7 Å². The molecule has 4 rings (SSSR count). The number of piperidine rings is 1. The molecule has 1 atom stereocenters. The van der Waals surface area contributed by atoms with Crippen LogP contribution in [0.15, 0.2) is 71.7 Å². The molecule has 1 aromatic heterocycles. The Morgan fingerprint density at radius 3 is 2.61 bits per heavy atom. The smallest absolute Gasteiger partial charge is 0.269 e. The van der Waals surface area contributed by atoms with Crippen LogP contribution in [-0.4, -0.2) is 28.8 Å². The first-order chi connectivity index (χ1) is 15.1. The Morgan fingerprint density at radius 2 is 1.87 bits per heavy atom. The van der Waals surface area contributed by atoms with E-state index in [1.54, 1.807) is 24.4 Å². The molecule has 6 nitrogen and oxygen atoms in total. The van der Waals surface area contributed by atoms with Gasteiger partial charge in [0.1, 0.15) is 5.82 Å². The van der Waals surface area contributed by atoms with E-state index in [0.29, 0.717) is 19.6 Å². The molecule has 0 bridgehead atoms. The van der Waals surface area contributed by atoms with E-state index in [1.807, 2.05) is 35.2 Å². The Balaban J connectivity index is 1.37. The van der Waals surface area contributed by atoms with Crippen LogP contribution in [0.25, 0.3) is 0 Å². The van der Waals surface area contributed by atoms with Gasteiger partial charge in [-0.05, 0) is 36.1 Å². The van der Waals surface area contributed by atoms with Crippen molar-refractivity contribution in [1.82, 2.24) is 15.1 Å². The predicted octanol–water partition coefficient (Wildman–Crippen LogP) is 2.96. The SMILES string of the molecule is O=C(NCc1ccc(F)cc1)C1CCCN(c2cnn(Cc3ccccc3)c(=O)c2)C1. The van der Waals surface area contributed by atoms with Gasteiger partial charge in [0.25, 0.3) is 5.56 Å². The van der Waals surface area contributed by atoms with Gasteiger partial charge in [0, 0.05) is 25.7 Å². The van der Waals surface area contributed by atoms with Crippen LogP contribution < -0.4 is 15.8 Å². The summed E-state index contributed by atoms with van der Waals surface area (Å²) < 4.78 is 14.5. The third-order valence-corrected chi connectivity index (χ3v) is 5.57. The van der Waals surface area contributed by atoms with E-state index in [2.05, 4.69) is 10.4 Å². The number of aromatic nitrogens is 2. The summed E-state index contributed by atoms with van der Waals surface area (Å²) in [6, 6.07) is 17.4. The lowest BCUT2D eigenvalue weighted by Gasteiger charge is -2.33. The normalized spacial score (nSPS) is 16.2. The quantitative estimate of drug-likeness (QED) is 0.666. The number of amides is 1. The Kier molecular flexibility index (Phi) is 6.40. The molecule has 7 heteroatoms. The van der Waals surface area contributed by atoms with E-state index >= 15 is 0 Å². The number of hydrogen-bond donors (Lipinski definition) is 1. The minimum Gasteiger partial charge on any atom is -0.369 e. The van der Waals surface area contributed by atoms with Crippen LogP contribution in [-0.2, 0) is 17.9 Å². The maximum absolute atomic E-state index is 13.0. The van der Waals surface area contributed by atoms with Crippen molar-refractivity contribution in [3.05, 3.63) is 94.2 Å². The van der Waals surface area contributed by atoms with Crippen molar-refractivity contribution in [2.75, 3.05) is 18.0 Å². The number of carbonyl (C=O) groups is 1. The molecule has 1 saturated heterocycles. The van der Waals surface area contributed by atoms with Gasteiger partial charge in [0.15, 0.2) is 0 Å². The summed E-state index contributed by atoms with van der Waals surface area (Å²) in [7, 11) is 0. The molecule has 1 amide bonds. The Hall–Kier alpha value is -3.48. The van der Waals surface area contributed by atoms with Crippen LogP contribution in [0.2, 0.25) is 0 Å². The molecule has 0 radical (unpaired) electrons. The molecule has 0 aliphatic carbocycles. The zero-order chi connectivity index (χ0) is 21.6. The fourth-order valence-corrected chi connectivity index (χ4v) is 3.83. The van der Waals surface area contributed by atoms with Crippen molar-refractivity contribution in [3.8, 4) is 0 Å². The topological polar surface area (TPSA) is 67.2 Å². The van der Waals surface area contributed by atoms with Gasteiger partial charge in [-0.1, -0.05) is 42.5 Å². The number of nitrogens with zero attached hydrogens (tertiary/aromatic N) is 3. The summed E-state index contributed by atoms with van der Waals surface area (Å²) in [6.07, 6.45) is 3.36. The highest BCUT2D eigenvalue weighted by molar-refractivity contribution is 5.79. The number of hydrogen-bond acceptors (Lipinski definition) is 4. The maximum atomic E-state index is 13.0. The fraction of sp³-hybridized carbons (Fsp3) is 0.292. The summed E-state index contributed by atoms with van der Waals surface area (Å²) in [4.78, 5) is 27.2. The average Bonchev–Trinajstić information content (AvgIpc) is 2.80. The molecule has 1 fully saturated rings. The molecule has 0 spiro atoms. The summed E-state index contributed by atoms with van der Waals surface area (Å²) >= 11 is 0. The number of nitrogens with one attached hydrogen (secondary N) is 1. The van der Waals surface area contributed by atoms with Gasteiger partial charge in [-0.25, -0.2) is 9.07 Å². The van der Waals surface area contributed by atoms with Crippen molar-refractivity contribution >= 4 is 11.6 Å². The summed E-state index contributed by atoms with van der Waals surface area (Å²) in [6.45, 7) is 2.12. The lowest BCUT2D eigenvalue weighted by molar-refractivity contribution is -0.125. The van der Waals surface area contributed by atoms with E-state index in [-0.39, 0.29) is 23.2 Å². The second kappa shape index (κ2) is 9.55. The molecule has 31 heavy (non-hydrogen) atoms. The maximum Gasteiger partial charge on any atom is 0.269 e. The Labute approximate surface area is 180 Å². The summed E-state index contributed by atoms with van der Waals surface area (Å²) in [5.41, 5.74) is 2.45. The van der Waals surface area contributed by atoms with Crippen molar-refractivity contribution < 1.29 is 9.18 Å². The summed E-state index contributed by atoms with van der Waals surface area (Å²) in [5.74, 6) is -0.488. The number of halogens is 1. The Bertz CT molecular complexity index is 1080. The third kappa shape index (κ3) is 5.36. The number of benzene rings is 2. The molecule has 160 valence electrons. The van der Waals surface area contributed by atoms with E-state index in [4.69, 9.17) is 0 Å². The number of anilines is 1. The largest absolute Gasteiger partial charge is 0.369 e. The highest BCUT2D eigenvalue weighted by Gasteiger charge is 2.26. The van der Waals surface area contributed by atoms with Crippen molar-refractivity contribution in [3.63, 3.8) is 0 Å². The molecular weight excluding hydrogens is 395 g/mol. The molecule has 1 aliphatic heterocycles.